The molecule has 0 amide bonds. The summed E-state index contributed by atoms with van der Waals surface area (Å²) in [6.45, 7) is -0.600. The molecule has 4 rings (SSSR count). The summed E-state index contributed by atoms with van der Waals surface area (Å²) in [5, 5.41) is 49.8. The lowest BCUT2D eigenvalue weighted by molar-refractivity contribution is -0.277. The van der Waals surface area contributed by atoms with E-state index >= 15 is 0 Å². The van der Waals surface area contributed by atoms with Gasteiger partial charge in [-0.25, -0.2) is 0 Å². The highest BCUT2D eigenvalue weighted by Crippen LogP contribution is 2.29. The maximum Gasteiger partial charge on any atom is 0.229 e. The van der Waals surface area contributed by atoms with Crippen LogP contribution < -0.4 is 10.2 Å². The van der Waals surface area contributed by atoms with Crippen LogP contribution in [-0.2, 0) is 15.1 Å². The quantitative estimate of drug-likeness (QED) is 0.398. The third-order valence-electron chi connectivity index (χ3n) is 5.28. The van der Waals surface area contributed by atoms with Crippen LogP contribution in [0, 0.1) is 0 Å². The van der Waals surface area contributed by atoms with Gasteiger partial charge in [-0.15, -0.1) is 0 Å². The summed E-state index contributed by atoms with van der Waals surface area (Å²) < 4.78 is 16.3. The van der Waals surface area contributed by atoms with Crippen LogP contribution in [0.4, 0.5) is 0 Å². The molecule has 1 fully saturated rings. The average molecular weight is 432 g/mol. The molecule has 1 aliphatic carbocycles. The molecule has 2 heterocycles. The second kappa shape index (κ2) is 8.00. The number of rotatable bonds is 4. The fourth-order valence-corrected chi connectivity index (χ4v) is 3.47. The van der Waals surface area contributed by atoms with Gasteiger partial charge >= 0.3 is 0 Å². The van der Waals surface area contributed by atoms with E-state index in [2.05, 4.69) is 0 Å². The first-order chi connectivity index (χ1) is 14.7. The molecule has 2 aromatic rings. The molecule has 1 aromatic carbocycles. The zero-order chi connectivity index (χ0) is 22.3. The zero-order valence-electron chi connectivity index (χ0n) is 16.0. The Bertz CT molecular complexity index is 1100. The van der Waals surface area contributed by atoms with Crippen LogP contribution in [0.15, 0.2) is 58.0 Å². The zero-order valence-corrected chi connectivity index (χ0v) is 16.0. The summed E-state index contributed by atoms with van der Waals surface area (Å²) in [6.07, 6.45) is -1.45. The molecule has 10 heteroatoms. The molecule has 1 aromatic heterocycles. The van der Waals surface area contributed by atoms with Gasteiger partial charge in [0.25, 0.3) is 0 Å². The minimum absolute atomic E-state index is 0.0809. The standard InChI is InChI=1S/C21H20O10/c22-8-15-17(25)18(26)19(27)20(31-15)30-11-1-2-12-14(7-11)29-9-13(16(12)24)21(28)5-3-10(23)4-6-21/h1-7,9,15,17-20,22,25-28H,8H2/t15-,17-,18+,19-,20-/m1/s1. The van der Waals surface area contributed by atoms with E-state index in [0.717, 1.165) is 18.4 Å². The van der Waals surface area contributed by atoms with E-state index < -0.39 is 48.3 Å². The number of carbonyl (C=O) groups is 1. The van der Waals surface area contributed by atoms with Crippen molar-refractivity contribution in [2.24, 2.45) is 0 Å². The van der Waals surface area contributed by atoms with Gasteiger partial charge in [-0.3, -0.25) is 9.59 Å². The Morgan fingerprint density at radius 3 is 2.42 bits per heavy atom. The van der Waals surface area contributed by atoms with Crippen molar-refractivity contribution < 1.29 is 44.2 Å². The summed E-state index contributed by atoms with van der Waals surface area (Å²) >= 11 is 0. The Morgan fingerprint density at radius 2 is 1.74 bits per heavy atom. The van der Waals surface area contributed by atoms with Gasteiger partial charge in [0.15, 0.2) is 11.2 Å². The summed E-state index contributed by atoms with van der Waals surface area (Å²) in [5.74, 6) is -0.195. The van der Waals surface area contributed by atoms with Crippen molar-refractivity contribution in [2.75, 3.05) is 6.61 Å². The second-order valence-corrected chi connectivity index (χ2v) is 7.35. The molecule has 0 bridgehead atoms. The second-order valence-electron chi connectivity index (χ2n) is 7.35. The van der Waals surface area contributed by atoms with Crippen molar-refractivity contribution in [2.45, 2.75) is 36.3 Å². The third kappa shape index (κ3) is 3.81. The highest BCUT2D eigenvalue weighted by atomic mass is 16.7. The van der Waals surface area contributed by atoms with E-state index in [1.165, 1.54) is 30.4 Å². The van der Waals surface area contributed by atoms with E-state index in [1.54, 1.807) is 0 Å². The Morgan fingerprint density at radius 1 is 1.03 bits per heavy atom. The monoisotopic (exact) mass is 432 g/mol. The molecule has 1 saturated heterocycles. The topological polar surface area (TPSA) is 167 Å². The number of aliphatic hydroxyl groups excluding tert-OH is 4. The number of hydrogen-bond donors (Lipinski definition) is 5. The number of hydrogen-bond acceptors (Lipinski definition) is 10. The van der Waals surface area contributed by atoms with E-state index in [1.807, 2.05) is 0 Å². The smallest absolute Gasteiger partial charge is 0.229 e. The van der Waals surface area contributed by atoms with Crippen molar-refractivity contribution in [3.63, 3.8) is 0 Å². The van der Waals surface area contributed by atoms with E-state index in [0.29, 0.717) is 0 Å². The van der Waals surface area contributed by atoms with Crippen LogP contribution in [0.1, 0.15) is 5.56 Å². The maximum absolute atomic E-state index is 12.9. The maximum atomic E-state index is 12.9. The predicted molar refractivity (Wildman–Crippen MR) is 104 cm³/mol. The Hall–Kier alpha value is -2.86. The number of carbonyl (C=O) groups excluding carboxylic acids is 1. The normalized spacial score (nSPS) is 30.0. The summed E-state index contributed by atoms with van der Waals surface area (Å²) in [6, 6.07) is 4.13. The van der Waals surface area contributed by atoms with Crippen LogP contribution in [0.5, 0.6) is 5.75 Å². The molecular formula is C21H20O10. The molecular weight excluding hydrogens is 412 g/mol. The number of ether oxygens (including phenoxy) is 2. The lowest BCUT2D eigenvalue weighted by Gasteiger charge is -2.39. The number of ketones is 1. The largest absolute Gasteiger partial charge is 0.464 e. The van der Waals surface area contributed by atoms with Gasteiger partial charge in [0.1, 0.15) is 47.6 Å². The van der Waals surface area contributed by atoms with Crippen LogP contribution in [0.3, 0.4) is 0 Å². The SMILES string of the molecule is O=C1C=CC(O)(c2coc3cc(O[C@@H]4O[C@H](CO)[C@@H](O)[C@H](O)[C@H]4O)ccc3c2=O)C=C1. The molecule has 5 N–H and O–H groups in total. The molecule has 2 aliphatic rings. The number of allylic oxidation sites excluding steroid dienone is 2. The molecule has 31 heavy (non-hydrogen) atoms. The van der Waals surface area contributed by atoms with Crippen LogP contribution >= 0.6 is 0 Å². The number of fused-ring (bicyclic) bond motifs is 1. The molecule has 0 unspecified atom stereocenters. The molecule has 0 spiro atoms. The molecule has 0 saturated carbocycles. The lowest BCUT2D eigenvalue weighted by Crippen LogP contribution is -2.60. The first-order valence-electron chi connectivity index (χ1n) is 9.41. The van der Waals surface area contributed by atoms with Gasteiger partial charge in [0.2, 0.25) is 6.29 Å². The first kappa shape index (κ1) is 21.4. The van der Waals surface area contributed by atoms with Crippen molar-refractivity contribution in [1.29, 1.82) is 0 Å². The van der Waals surface area contributed by atoms with E-state index in [4.69, 9.17) is 13.9 Å². The average Bonchev–Trinajstić information content (AvgIpc) is 2.76. The molecule has 0 radical (unpaired) electrons. The fraction of sp³-hybridized carbons (Fsp3) is 0.333. The van der Waals surface area contributed by atoms with Gasteiger partial charge in [-0.1, -0.05) is 0 Å². The summed E-state index contributed by atoms with van der Waals surface area (Å²) in [4.78, 5) is 24.2. The Balaban J connectivity index is 1.62. The van der Waals surface area contributed by atoms with Gasteiger partial charge in [-0.05, 0) is 36.4 Å². The van der Waals surface area contributed by atoms with Crippen LogP contribution in [0.25, 0.3) is 11.0 Å². The van der Waals surface area contributed by atoms with Gasteiger partial charge in [0.05, 0.1) is 17.6 Å². The van der Waals surface area contributed by atoms with Crippen molar-refractivity contribution in [1.82, 2.24) is 0 Å². The van der Waals surface area contributed by atoms with E-state index in [-0.39, 0.29) is 28.1 Å². The highest BCUT2D eigenvalue weighted by molar-refractivity contribution is 6.00. The van der Waals surface area contributed by atoms with Crippen LogP contribution in [-0.4, -0.2) is 68.6 Å². The van der Waals surface area contributed by atoms with Gasteiger partial charge < -0.3 is 39.4 Å². The van der Waals surface area contributed by atoms with Crippen molar-refractivity contribution >= 4 is 16.8 Å². The molecule has 5 atom stereocenters. The van der Waals surface area contributed by atoms with Crippen molar-refractivity contribution in [3.8, 4) is 5.75 Å². The van der Waals surface area contributed by atoms with Crippen LogP contribution in [0.2, 0.25) is 0 Å². The first-order valence-corrected chi connectivity index (χ1v) is 9.41. The Labute approximate surface area is 174 Å². The number of benzene rings is 1. The van der Waals surface area contributed by atoms with Gasteiger partial charge in [-0.2, -0.15) is 0 Å². The Kier molecular flexibility index (Phi) is 5.52. The lowest BCUT2D eigenvalue weighted by atomic mass is 9.90. The third-order valence-corrected chi connectivity index (χ3v) is 5.28. The molecule has 1 aliphatic heterocycles. The highest BCUT2D eigenvalue weighted by Gasteiger charge is 2.44. The predicted octanol–water partition coefficient (Wildman–Crippen LogP) is -1.15. The van der Waals surface area contributed by atoms with E-state index in [9.17, 15) is 35.1 Å². The number of aliphatic hydroxyl groups is 5. The summed E-state index contributed by atoms with van der Waals surface area (Å²) in [5.41, 5.74) is -2.28. The van der Waals surface area contributed by atoms with Crippen molar-refractivity contribution in [3.05, 3.63) is 64.6 Å². The fourth-order valence-electron chi connectivity index (χ4n) is 3.47. The minimum atomic E-state index is -1.78. The minimum Gasteiger partial charge on any atom is -0.464 e. The van der Waals surface area contributed by atoms with Gasteiger partial charge in [0, 0.05) is 6.07 Å². The molecule has 164 valence electrons. The molecule has 10 nitrogen and oxygen atoms in total. The summed E-state index contributed by atoms with van der Waals surface area (Å²) in [7, 11) is 0.